The SMILES string of the molecule is CCC1CCCN(c2cccc(F)c2CO)CC1. The van der Waals surface area contributed by atoms with Gasteiger partial charge in [0.1, 0.15) is 5.82 Å². The summed E-state index contributed by atoms with van der Waals surface area (Å²) in [7, 11) is 0. The molecule has 1 saturated heterocycles. The zero-order valence-corrected chi connectivity index (χ0v) is 11.0. The summed E-state index contributed by atoms with van der Waals surface area (Å²) >= 11 is 0. The van der Waals surface area contributed by atoms with Crippen molar-refractivity contribution in [3.63, 3.8) is 0 Å². The van der Waals surface area contributed by atoms with E-state index in [9.17, 15) is 9.50 Å². The van der Waals surface area contributed by atoms with Crippen LogP contribution < -0.4 is 4.90 Å². The van der Waals surface area contributed by atoms with Crippen molar-refractivity contribution in [3.05, 3.63) is 29.6 Å². The molecule has 0 spiro atoms. The summed E-state index contributed by atoms with van der Waals surface area (Å²) in [5.74, 6) is 0.493. The second-order valence-corrected chi connectivity index (χ2v) is 5.09. The van der Waals surface area contributed by atoms with Gasteiger partial charge in [0.05, 0.1) is 6.61 Å². The van der Waals surface area contributed by atoms with Crippen molar-refractivity contribution in [1.82, 2.24) is 0 Å². The molecule has 1 aliphatic rings. The molecule has 0 aliphatic carbocycles. The van der Waals surface area contributed by atoms with Crippen molar-refractivity contribution in [3.8, 4) is 0 Å². The van der Waals surface area contributed by atoms with Crippen LogP contribution in [0.2, 0.25) is 0 Å². The Morgan fingerprint density at radius 3 is 2.89 bits per heavy atom. The molecule has 2 nitrogen and oxygen atoms in total. The Balaban J connectivity index is 2.18. The van der Waals surface area contributed by atoms with Crippen molar-refractivity contribution in [1.29, 1.82) is 0 Å². The monoisotopic (exact) mass is 251 g/mol. The van der Waals surface area contributed by atoms with Gasteiger partial charge in [0.15, 0.2) is 0 Å². The first-order valence-corrected chi connectivity index (χ1v) is 6.89. The summed E-state index contributed by atoms with van der Waals surface area (Å²) in [6.45, 7) is 3.94. The fourth-order valence-corrected chi connectivity index (χ4v) is 2.81. The third-order valence-corrected chi connectivity index (χ3v) is 4.02. The van der Waals surface area contributed by atoms with Crippen LogP contribution in [0.15, 0.2) is 18.2 Å². The van der Waals surface area contributed by atoms with Gasteiger partial charge in [0.25, 0.3) is 0 Å². The number of rotatable bonds is 3. The second-order valence-electron chi connectivity index (χ2n) is 5.09. The molecule has 1 N–H and O–H groups in total. The molecule has 1 aromatic rings. The minimum Gasteiger partial charge on any atom is -0.391 e. The maximum Gasteiger partial charge on any atom is 0.130 e. The molecule has 0 amide bonds. The first kappa shape index (κ1) is 13.3. The minimum atomic E-state index is -0.300. The summed E-state index contributed by atoms with van der Waals surface area (Å²) in [6, 6.07) is 5.06. The van der Waals surface area contributed by atoms with Gasteiger partial charge in [-0.05, 0) is 37.3 Å². The second kappa shape index (κ2) is 6.19. The number of halogens is 1. The first-order chi connectivity index (χ1) is 8.76. The maximum absolute atomic E-state index is 13.7. The molecule has 18 heavy (non-hydrogen) atoms. The highest BCUT2D eigenvalue weighted by molar-refractivity contribution is 5.54. The third-order valence-electron chi connectivity index (χ3n) is 4.02. The van der Waals surface area contributed by atoms with Crippen molar-refractivity contribution in [2.45, 2.75) is 39.2 Å². The highest BCUT2D eigenvalue weighted by Gasteiger charge is 2.19. The average molecular weight is 251 g/mol. The van der Waals surface area contributed by atoms with E-state index in [2.05, 4.69) is 11.8 Å². The smallest absolute Gasteiger partial charge is 0.130 e. The van der Waals surface area contributed by atoms with E-state index in [1.807, 2.05) is 6.07 Å². The predicted molar refractivity (Wildman–Crippen MR) is 72.2 cm³/mol. The fraction of sp³-hybridized carbons (Fsp3) is 0.600. The first-order valence-electron chi connectivity index (χ1n) is 6.89. The van der Waals surface area contributed by atoms with E-state index in [1.165, 1.54) is 18.9 Å². The molecule has 3 heteroatoms. The van der Waals surface area contributed by atoms with Crippen LogP contribution in [0.25, 0.3) is 0 Å². The summed E-state index contributed by atoms with van der Waals surface area (Å²) in [5, 5.41) is 9.33. The Morgan fingerprint density at radius 1 is 1.33 bits per heavy atom. The number of hydrogen-bond donors (Lipinski definition) is 1. The molecular weight excluding hydrogens is 229 g/mol. The molecule has 0 aromatic heterocycles. The van der Waals surface area contributed by atoms with Gasteiger partial charge in [-0.15, -0.1) is 0 Å². The van der Waals surface area contributed by atoms with Gasteiger partial charge in [-0.25, -0.2) is 4.39 Å². The molecule has 1 aromatic carbocycles. The highest BCUT2D eigenvalue weighted by Crippen LogP contribution is 2.28. The maximum atomic E-state index is 13.7. The van der Waals surface area contributed by atoms with Crippen molar-refractivity contribution in [2.24, 2.45) is 5.92 Å². The topological polar surface area (TPSA) is 23.5 Å². The van der Waals surface area contributed by atoms with Crippen LogP contribution in [-0.4, -0.2) is 18.2 Å². The van der Waals surface area contributed by atoms with Gasteiger partial charge in [-0.1, -0.05) is 19.4 Å². The van der Waals surface area contributed by atoms with E-state index < -0.39 is 0 Å². The summed E-state index contributed by atoms with van der Waals surface area (Å²) in [4.78, 5) is 2.23. The van der Waals surface area contributed by atoms with Gasteiger partial charge in [-0.2, -0.15) is 0 Å². The van der Waals surface area contributed by atoms with E-state index in [-0.39, 0.29) is 12.4 Å². The van der Waals surface area contributed by atoms with Crippen LogP contribution in [0.5, 0.6) is 0 Å². The molecular formula is C15H22FNO. The van der Waals surface area contributed by atoms with Gasteiger partial charge in [0.2, 0.25) is 0 Å². The molecule has 0 saturated carbocycles. The van der Waals surface area contributed by atoms with E-state index in [0.717, 1.165) is 37.5 Å². The van der Waals surface area contributed by atoms with Gasteiger partial charge in [0, 0.05) is 24.3 Å². The van der Waals surface area contributed by atoms with Crippen molar-refractivity contribution < 1.29 is 9.50 Å². The minimum absolute atomic E-state index is 0.226. The third kappa shape index (κ3) is 2.83. The fourth-order valence-electron chi connectivity index (χ4n) is 2.81. The lowest BCUT2D eigenvalue weighted by Crippen LogP contribution is -2.25. The van der Waals surface area contributed by atoms with Crippen LogP contribution in [0.1, 0.15) is 38.2 Å². The lowest BCUT2D eigenvalue weighted by atomic mass is 9.98. The zero-order chi connectivity index (χ0) is 13.0. The van der Waals surface area contributed by atoms with Crippen molar-refractivity contribution in [2.75, 3.05) is 18.0 Å². The number of benzene rings is 1. The van der Waals surface area contributed by atoms with Crippen LogP contribution in [0.4, 0.5) is 10.1 Å². The normalized spacial score (nSPS) is 20.8. The summed E-state index contributed by atoms with van der Waals surface area (Å²) < 4.78 is 13.7. The van der Waals surface area contributed by atoms with Crippen LogP contribution in [0, 0.1) is 11.7 Å². The molecule has 1 fully saturated rings. The lowest BCUT2D eigenvalue weighted by Gasteiger charge is -2.25. The molecule has 0 radical (unpaired) electrons. The Kier molecular flexibility index (Phi) is 4.59. The molecule has 1 heterocycles. The zero-order valence-electron chi connectivity index (χ0n) is 11.0. The highest BCUT2D eigenvalue weighted by atomic mass is 19.1. The van der Waals surface area contributed by atoms with Crippen LogP contribution in [0.3, 0.4) is 0 Å². The molecule has 0 bridgehead atoms. The molecule has 2 rings (SSSR count). The Hall–Kier alpha value is -1.09. The van der Waals surface area contributed by atoms with Gasteiger partial charge in [-0.3, -0.25) is 0 Å². The van der Waals surface area contributed by atoms with E-state index in [4.69, 9.17) is 0 Å². The van der Waals surface area contributed by atoms with Crippen LogP contribution in [-0.2, 0) is 6.61 Å². The Morgan fingerprint density at radius 2 is 2.17 bits per heavy atom. The number of aliphatic hydroxyl groups excluding tert-OH is 1. The largest absolute Gasteiger partial charge is 0.391 e. The number of hydrogen-bond acceptors (Lipinski definition) is 2. The van der Waals surface area contributed by atoms with E-state index >= 15 is 0 Å². The average Bonchev–Trinajstić information content (AvgIpc) is 2.63. The van der Waals surface area contributed by atoms with Crippen molar-refractivity contribution >= 4 is 5.69 Å². The molecule has 100 valence electrons. The number of aliphatic hydroxyl groups is 1. The van der Waals surface area contributed by atoms with Gasteiger partial charge < -0.3 is 10.0 Å². The molecule has 1 aliphatic heterocycles. The van der Waals surface area contributed by atoms with E-state index in [1.54, 1.807) is 6.07 Å². The number of anilines is 1. The standard InChI is InChI=1S/C15H22FNO/c1-2-12-5-4-9-17(10-8-12)15-7-3-6-14(16)13(15)11-18/h3,6-7,12,18H,2,4-5,8-11H2,1H3. The predicted octanol–water partition coefficient (Wildman–Crippen LogP) is 3.33. The van der Waals surface area contributed by atoms with Gasteiger partial charge >= 0.3 is 0 Å². The number of nitrogens with zero attached hydrogens (tertiary/aromatic N) is 1. The quantitative estimate of drug-likeness (QED) is 0.890. The Bertz CT molecular complexity index is 394. The summed E-state index contributed by atoms with van der Waals surface area (Å²) in [6.07, 6.45) is 4.80. The lowest BCUT2D eigenvalue weighted by molar-refractivity contribution is 0.276. The Labute approximate surface area is 108 Å². The molecule has 1 unspecified atom stereocenters. The van der Waals surface area contributed by atoms with Crippen LogP contribution >= 0.6 is 0 Å². The molecule has 1 atom stereocenters. The van der Waals surface area contributed by atoms with E-state index in [0.29, 0.717) is 5.56 Å². The summed E-state index contributed by atoms with van der Waals surface area (Å²) in [5.41, 5.74) is 1.31.